The largest absolute Gasteiger partial charge is 0.444 e. The van der Waals surface area contributed by atoms with Gasteiger partial charge >= 0.3 is 6.09 Å². The van der Waals surface area contributed by atoms with Gasteiger partial charge in [-0.2, -0.15) is 0 Å². The van der Waals surface area contributed by atoms with Crippen LogP contribution < -0.4 is 5.32 Å². The van der Waals surface area contributed by atoms with Gasteiger partial charge in [0.1, 0.15) is 5.60 Å². The summed E-state index contributed by atoms with van der Waals surface area (Å²) < 4.78 is 5.59. The summed E-state index contributed by atoms with van der Waals surface area (Å²) in [5.74, 6) is 0. The summed E-state index contributed by atoms with van der Waals surface area (Å²) in [5, 5.41) is 13.3. The second-order valence-electron chi connectivity index (χ2n) is 9.75. The highest BCUT2D eigenvalue weighted by molar-refractivity contribution is 5.69. The van der Waals surface area contributed by atoms with Crippen molar-refractivity contribution in [3.05, 3.63) is 0 Å². The number of amides is 1. The standard InChI is InChI=1S/C19H36N2O3/c1-18(2,3)11-14(12-22)20-13-9-15-7-8-16(10-13)21(15)17(23)24-19(4,5)6/h13-16,20,22H,7-12H2,1-6H3. The first-order valence-corrected chi connectivity index (χ1v) is 9.37. The Morgan fingerprint density at radius 1 is 1.17 bits per heavy atom. The van der Waals surface area contributed by atoms with Gasteiger partial charge in [0.2, 0.25) is 0 Å². The molecule has 2 heterocycles. The highest BCUT2D eigenvalue weighted by Crippen LogP contribution is 2.37. The zero-order chi connectivity index (χ0) is 18.1. The lowest BCUT2D eigenvalue weighted by atomic mass is 9.87. The highest BCUT2D eigenvalue weighted by Gasteiger charge is 2.45. The molecule has 2 aliphatic rings. The lowest BCUT2D eigenvalue weighted by Gasteiger charge is -2.41. The van der Waals surface area contributed by atoms with E-state index in [1.165, 1.54) is 0 Å². The van der Waals surface area contributed by atoms with E-state index in [1.807, 2.05) is 25.7 Å². The summed E-state index contributed by atoms with van der Waals surface area (Å²) >= 11 is 0. The molecule has 2 rings (SSSR count). The van der Waals surface area contributed by atoms with Crippen LogP contribution in [0.1, 0.15) is 73.6 Å². The van der Waals surface area contributed by atoms with E-state index in [-0.39, 0.29) is 36.2 Å². The van der Waals surface area contributed by atoms with Crippen molar-refractivity contribution in [3.8, 4) is 0 Å². The molecule has 3 atom stereocenters. The number of nitrogens with zero attached hydrogens (tertiary/aromatic N) is 1. The smallest absolute Gasteiger partial charge is 0.410 e. The van der Waals surface area contributed by atoms with Crippen LogP contribution in [0.4, 0.5) is 4.79 Å². The SMILES string of the molecule is CC(C)(C)CC(CO)NC1CC2CCC(C1)N2C(=O)OC(C)(C)C. The zero-order valence-electron chi connectivity index (χ0n) is 16.3. The molecule has 140 valence electrons. The molecule has 0 saturated carbocycles. The van der Waals surface area contributed by atoms with E-state index in [1.54, 1.807) is 0 Å². The minimum Gasteiger partial charge on any atom is -0.444 e. The number of hydrogen-bond acceptors (Lipinski definition) is 4. The summed E-state index contributed by atoms with van der Waals surface area (Å²) in [7, 11) is 0. The number of carbonyl (C=O) groups excluding carboxylic acids is 1. The fourth-order valence-electron chi connectivity index (χ4n) is 4.17. The number of ether oxygens (including phenoxy) is 1. The number of hydrogen-bond donors (Lipinski definition) is 2. The van der Waals surface area contributed by atoms with Crippen molar-refractivity contribution >= 4 is 6.09 Å². The Morgan fingerprint density at radius 2 is 1.71 bits per heavy atom. The van der Waals surface area contributed by atoms with Crippen LogP contribution in [0, 0.1) is 5.41 Å². The molecule has 2 aliphatic heterocycles. The molecule has 1 amide bonds. The van der Waals surface area contributed by atoms with Gasteiger partial charge in [0.15, 0.2) is 0 Å². The molecule has 2 fully saturated rings. The number of nitrogens with one attached hydrogen (secondary N) is 1. The van der Waals surface area contributed by atoms with Crippen LogP contribution in [0.5, 0.6) is 0 Å². The maximum absolute atomic E-state index is 12.5. The molecule has 2 saturated heterocycles. The van der Waals surface area contributed by atoms with Gasteiger partial charge in [-0.1, -0.05) is 20.8 Å². The monoisotopic (exact) mass is 340 g/mol. The summed E-state index contributed by atoms with van der Waals surface area (Å²) in [6, 6.07) is 1.04. The fourth-order valence-corrected chi connectivity index (χ4v) is 4.17. The van der Waals surface area contributed by atoms with Gasteiger partial charge in [-0.15, -0.1) is 0 Å². The minimum absolute atomic E-state index is 0.127. The van der Waals surface area contributed by atoms with Gasteiger partial charge in [-0.05, 0) is 58.3 Å². The van der Waals surface area contributed by atoms with Crippen molar-refractivity contribution in [1.29, 1.82) is 0 Å². The number of fused-ring (bicyclic) bond motifs is 2. The number of carbonyl (C=O) groups is 1. The molecule has 5 heteroatoms. The van der Waals surface area contributed by atoms with E-state index < -0.39 is 5.60 Å². The van der Waals surface area contributed by atoms with Gasteiger partial charge in [-0.25, -0.2) is 4.79 Å². The summed E-state index contributed by atoms with van der Waals surface area (Å²) in [6.07, 6.45) is 4.82. The van der Waals surface area contributed by atoms with Gasteiger partial charge in [0.25, 0.3) is 0 Å². The molecule has 0 radical (unpaired) electrons. The molecule has 0 aromatic heterocycles. The van der Waals surface area contributed by atoms with Gasteiger partial charge in [-0.3, -0.25) is 0 Å². The first-order chi connectivity index (χ1) is 11.0. The first-order valence-electron chi connectivity index (χ1n) is 9.37. The molecule has 0 spiro atoms. The van der Waals surface area contributed by atoms with Gasteiger partial charge in [0, 0.05) is 24.2 Å². The summed E-state index contributed by atoms with van der Waals surface area (Å²) in [5.41, 5.74) is -0.253. The van der Waals surface area contributed by atoms with E-state index in [0.717, 1.165) is 32.1 Å². The minimum atomic E-state index is -0.444. The third-order valence-corrected chi connectivity index (χ3v) is 4.89. The fraction of sp³-hybridized carbons (Fsp3) is 0.947. The van der Waals surface area contributed by atoms with Gasteiger partial charge < -0.3 is 20.1 Å². The Balaban J connectivity index is 1.93. The number of piperidine rings is 1. The van der Waals surface area contributed by atoms with Crippen molar-refractivity contribution < 1.29 is 14.6 Å². The average molecular weight is 341 g/mol. The Hall–Kier alpha value is -0.810. The summed E-state index contributed by atoms with van der Waals surface area (Å²) in [4.78, 5) is 14.5. The van der Waals surface area contributed by atoms with E-state index in [9.17, 15) is 9.90 Å². The van der Waals surface area contributed by atoms with Gasteiger partial charge in [0.05, 0.1) is 6.61 Å². The van der Waals surface area contributed by atoms with Crippen molar-refractivity contribution in [1.82, 2.24) is 10.2 Å². The van der Waals surface area contributed by atoms with Crippen LogP contribution in [0.3, 0.4) is 0 Å². The molecule has 0 aromatic rings. The molecule has 0 aromatic carbocycles. The van der Waals surface area contributed by atoms with E-state index in [0.29, 0.717) is 6.04 Å². The van der Waals surface area contributed by atoms with E-state index >= 15 is 0 Å². The molecule has 0 aliphatic carbocycles. The molecule has 24 heavy (non-hydrogen) atoms. The van der Waals surface area contributed by atoms with Crippen LogP contribution in [0.15, 0.2) is 0 Å². The molecule has 2 N–H and O–H groups in total. The van der Waals surface area contributed by atoms with Crippen LogP contribution >= 0.6 is 0 Å². The molecular formula is C19H36N2O3. The zero-order valence-corrected chi connectivity index (χ0v) is 16.3. The lowest BCUT2D eigenvalue weighted by molar-refractivity contribution is 0.00361. The lowest BCUT2D eigenvalue weighted by Crippen LogP contribution is -2.54. The van der Waals surface area contributed by atoms with Crippen molar-refractivity contribution in [2.24, 2.45) is 5.41 Å². The number of aliphatic hydroxyl groups excluding tert-OH is 1. The van der Waals surface area contributed by atoms with Crippen LogP contribution in [0.25, 0.3) is 0 Å². The predicted molar refractivity (Wildman–Crippen MR) is 96.0 cm³/mol. The molecule has 3 unspecified atom stereocenters. The van der Waals surface area contributed by atoms with Crippen LogP contribution in [0.2, 0.25) is 0 Å². The molecule has 2 bridgehead atoms. The predicted octanol–water partition coefficient (Wildman–Crippen LogP) is 3.30. The summed E-state index contributed by atoms with van der Waals surface area (Å²) in [6.45, 7) is 12.5. The maximum Gasteiger partial charge on any atom is 0.410 e. The Morgan fingerprint density at radius 3 is 2.12 bits per heavy atom. The Bertz CT molecular complexity index is 425. The van der Waals surface area contributed by atoms with Crippen LogP contribution in [-0.4, -0.2) is 52.5 Å². The van der Waals surface area contributed by atoms with Crippen LogP contribution in [-0.2, 0) is 4.74 Å². The normalized spacial score (nSPS) is 28.8. The Labute approximate surface area is 147 Å². The number of rotatable bonds is 4. The second-order valence-corrected chi connectivity index (χ2v) is 9.75. The quantitative estimate of drug-likeness (QED) is 0.824. The molecule has 5 nitrogen and oxygen atoms in total. The topological polar surface area (TPSA) is 61.8 Å². The average Bonchev–Trinajstić information content (AvgIpc) is 2.66. The highest BCUT2D eigenvalue weighted by atomic mass is 16.6. The third-order valence-electron chi connectivity index (χ3n) is 4.89. The van der Waals surface area contributed by atoms with Crippen molar-refractivity contribution in [2.45, 2.75) is 103 Å². The van der Waals surface area contributed by atoms with E-state index in [2.05, 4.69) is 26.1 Å². The van der Waals surface area contributed by atoms with Crippen molar-refractivity contribution in [3.63, 3.8) is 0 Å². The van der Waals surface area contributed by atoms with E-state index in [4.69, 9.17) is 4.74 Å². The molecular weight excluding hydrogens is 304 g/mol. The Kier molecular flexibility index (Phi) is 5.86. The third kappa shape index (κ3) is 5.35. The first kappa shape index (κ1) is 19.5. The maximum atomic E-state index is 12.5. The second kappa shape index (κ2) is 7.20. The number of aliphatic hydroxyl groups is 1. The van der Waals surface area contributed by atoms with Crippen molar-refractivity contribution in [2.75, 3.05) is 6.61 Å².